The molecule has 1 N–H and O–H groups in total. The molecule has 21 heavy (non-hydrogen) atoms. The molecule has 0 aliphatic heterocycles. The van der Waals surface area contributed by atoms with Gasteiger partial charge >= 0.3 is 12.1 Å². The summed E-state index contributed by atoms with van der Waals surface area (Å²) in [5.74, 6) is -1.85. The number of phenols is 1. The van der Waals surface area contributed by atoms with E-state index in [0.29, 0.717) is 0 Å². The van der Waals surface area contributed by atoms with Crippen LogP contribution in [0, 0.1) is 6.92 Å². The third-order valence-corrected chi connectivity index (χ3v) is 2.89. The Kier molecular flexibility index (Phi) is 3.88. The molecule has 0 amide bonds. The van der Waals surface area contributed by atoms with Gasteiger partial charge in [-0.3, -0.25) is 0 Å². The monoisotopic (exact) mass is 296 g/mol. The van der Waals surface area contributed by atoms with Gasteiger partial charge in [0.25, 0.3) is 0 Å². The molecule has 2 aromatic rings. The predicted molar refractivity (Wildman–Crippen MR) is 69.2 cm³/mol. The molecule has 0 fully saturated rings. The van der Waals surface area contributed by atoms with Crippen molar-refractivity contribution in [2.45, 2.75) is 13.1 Å². The first kappa shape index (κ1) is 14.9. The lowest BCUT2D eigenvalue weighted by Gasteiger charge is -2.15. The quantitative estimate of drug-likeness (QED) is 0.674. The van der Waals surface area contributed by atoms with Gasteiger partial charge in [0, 0.05) is 5.56 Å². The Morgan fingerprint density at radius 1 is 1.10 bits per heavy atom. The van der Waals surface area contributed by atoms with E-state index >= 15 is 0 Å². The highest BCUT2D eigenvalue weighted by Crippen LogP contribution is 2.40. The number of carbonyl (C=O) groups is 1. The maximum Gasteiger partial charge on any atom is 0.416 e. The largest absolute Gasteiger partial charge is 0.504 e. The van der Waals surface area contributed by atoms with Crippen LogP contribution in [-0.2, 0) is 6.18 Å². The maximum atomic E-state index is 12.8. The first-order valence-corrected chi connectivity index (χ1v) is 5.97. The van der Waals surface area contributed by atoms with E-state index in [1.807, 2.05) is 0 Å². The zero-order valence-corrected chi connectivity index (χ0v) is 10.9. The van der Waals surface area contributed by atoms with Crippen molar-refractivity contribution in [3.05, 3.63) is 59.2 Å². The fourth-order valence-corrected chi connectivity index (χ4v) is 1.84. The summed E-state index contributed by atoms with van der Waals surface area (Å²) < 4.78 is 43.3. The van der Waals surface area contributed by atoms with Gasteiger partial charge in [0.15, 0.2) is 11.5 Å². The molecular formula is C15H11F3O3. The minimum atomic E-state index is -4.59. The predicted octanol–water partition coefficient (Wildman–Crippen LogP) is 3.94. The summed E-state index contributed by atoms with van der Waals surface area (Å²) >= 11 is 0. The lowest BCUT2D eigenvalue weighted by atomic mass is 10.1. The van der Waals surface area contributed by atoms with Gasteiger partial charge in [-0.1, -0.05) is 18.2 Å². The number of ether oxygens (including phenoxy) is 1. The molecule has 6 heteroatoms. The van der Waals surface area contributed by atoms with Crippen LogP contribution >= 0.6 is 0 Å². The van der Waals surface area contributed by atoms with Gasteiger partial charge in [-0.05, 0) is 31.2 Å². The van der Waals surface area contributed by atoms with Crippen LogP contribution in [0.15, 0.2) is 42.5 Å². The number of rotatable bonds is 2. The van der Waals surface area contributed by atoms with Crippen LogP contribution in [0.5, 0.6) is 11.5 Å². The topological polar surface area (TPSA) is 46.5 Å². The van der Waals surface area contributed by atoms with E-state index in [-0.39, 0.29) is 11.1 Å². The molecule has 0 unspecified atom stereocenters. The molecule has 0 aliphatic carbocycles. The Balaban J connectivity index is 2.39. The van der Waals surface area contributed by atoms with Crippen LogP contribution in [0.25, 0.3) is 0 Å². The number of carbonyl (C=O) groups excluding carboxylic acids is 1. The molecule has 0 atom stereocenters. The van der Waals surface area contributed by atoms with Crippen molar-refractivity contribution in [3.63, 3.8) is 0 Å². The van der Waals surface area contributed by atoms with Crippen molar-refractivity contribution in [1.82, 2.24) is 0 Å². The molecule has 0 saturated heterocycles. The molecule has 0 radical (unpaired) electrons. The van der Waals surface area contributed by atoms with Gasteiger partial charge in [0.1, 0.15) is 0 Å². The Bertz CT molecular complexity index is 664. The zero-order chi connectivity index (χ0) is 15.6. The molecule has 3 nitrogen and oxygen atoms in total. The Morgan fingerprint density at radius 2 is 1.71 bits per heavy atom. The van der Waals surface area contributed by atoms with Crippen LogP contribution in [0.3, 0.4) is 0 Å². The van der Waals surface area contributed by atoms with Crippen LogP contribution in [-0.4, -0.2) is 11.1 Å². The molecule has 0 saturated carbocycles. The van der Waals surface area contributed by atoms with E-state index in [0.717, 1.165) is 19.1 Å². The first-order valence-electron chi connectivity index (χ1n) is 5.97. The third kappa shape index (κ3) is 3.16. The Morgan fingerprint density at radius 3 is 2.29 bits per heavy atom. The van der Waals surface area contributed by atoms with Crippen molar-refractivity contribution in [1.29, 1.82) is 0 Å². The minimum absolute atomic E-state index is 0.175. The van der Waals surface area contributed by atoms with Crippen LogP contribution < -0.4 is 4.74 Å². The molecule has 0 aliphatic rings. The van der Waals surface area contributed by atoms with Crippen molar-refractivity contribution >= 4 is 5.97 Å². The summed E-state index contributed by atoms with van der Waals surface area (Å²) in [5, 5.41) is 9.63. The SMILES string of the molecule is Cc1c(C(F)(F)F)ccc(O)c1OC(=O)c1ccccc1. The number of halogens is 3. The van der Waals surface area contributed by atoms with Crippen molar-refractivity contribution in [2.24, 2.45) is 0 Å². The zero-order valence-electron chi connectivity index (χ0n) is 10.9. The number of hydrogen-bond donors (Lipinski definition) is 1. The number of aromatic hydroxyl groups is 1. The van der Waals surface area contributed by atoms with Gasteiger partial charge in [0.05, 0.1) is 11.1 Å². The van der Waals surface area contributed by atoms with Gasteiger partial charge < -0.3 is 9.84 Å². The second kappa shape index (κ2) is 5.47. The molecule has 0 bridgehead atoms. The number of esters is 1. The van der Waals surface area contributed by atoms with Gasteiger partial charge in [0.2, 0.25) is 0 Å². The van der Waals surface area contributed by atoms with Crippen LogP contribution in [0.2, 0.25) is 0 Å². The third-order valence-electron chi connectivity index (χ3n) is 2.89. The number of alkyl halides is 3. The summed E-state index contributed by atoms with van der Waals surface area (Å²) in [4.78, 5) is 11.9. The fraction of sp³-hybridized carbons (Fsp3) is 0.133. The second-order valence-corrected chi connectivity index (χ2v) is 4.34. The van der Waals surface area contributed by atoms with Gasteiger partial charge in [-0.2, -0.15) is 13.2 Å². The van der Waals surface area contributed by atoms with E-state index in [1.165, 1.54) is 12.1 Å². The van der Waals surface area contributed by atoms with E-state index in [2.05, 4.69) is 0 Å². The number of hydrogen-bond acceptors (Lipinski definition) is 3. The lowest BCUT2D eigenvalue weighted by Crippen LogP contribution is -2.12. The number of phenolic OH excluding ortho intramolecular Hbond substituents is 1. The minimum Gasteiger partial charge on any atom is -0.504 e. The van der Waals surface area contributed by atoms with Crippen molar-refractivity contribution in [2.75, 3.05) is 0 Å². The standard InChI is InChI=1S/C15H11F3O3/c1-9-11(15(16,17)18)7-8-12(19)13(9)21-14(20)10-5-3-2-4-6-10/h2-8,19H,1H3. The fourth-order valence-electron chi connectivity index (χ4n) is 1.84. The average Bonchev–Trinajstić information content (AvgIpc) is 2.42. The van der Waals surface area contributed by atoms with Crippen LogP contribution in [0.1, 0.15) is 21.5 Å². The van der Waals surface area contributed by atoms with Gasteiger partial charge in [-0.15, -0.1) is 0 Å². The second-order valence-electron chi connectivity index (χ2n) is 4.34. The molecule has 0 heterocycles. The summed E-state index contributed by atoms with van der Waals surface area (Å²) in [6.07, 6.45) is -4.59. The van der Waals surface area contributed by atoms with E-state index in [1.54, 1.807) is 18.2 Å². The molecular weight excluding hydrogens is 285 g/mol. The van der Waals surface area contributed by atoms with Gasteiger partial charge in [-0.25, -0.2) is 4.79 Å². The molecule has 110 valence electrons. The maximum absolute atomic E-state index is 12.8. The molecule has 0 spiro atoms. The van der Waals surface area contributed by atoms with E-state index in [4.69, 9.17) is 4.74 Å². The molecule has 2 rings (SSSR count). The van der Waals surface area contributed by atoms with Crippen molar-refractivity contribution in [3.8, 4) is 11.5 Å². The summed E-state index contributed by atoms with van der Waals surface area (Å²) in [5.41, 5.74) is -1.13. The van der Waals surface area contributed by atoms with Crippen LogP contribution in [0.4, 0.5) is 13.2 Å². The first-order chi connectivity index (χ1) is 9.80. The summed E-state index contributed by atoms with van der Waals surface area (Å²) in [6.45, 7) is 1.14. The molecule has 0 aromatic heterocycles. The highest BCUT2D eigenvalue weighted by Gasteiger charge is 2.34. The smallest absolute Gasteiger partial charge is 0.416 e. The number of benzene rings is 2. The van der Waals surface area contributed by atoms with E-state index in [9.17, 15) is 23.1 Å². The average molecular weight is 296 g/mol. The lowest BCUT2D eigenvalue weighted by molar-refractivity contribution is -0.138. The van der Waals surface area contributed by atoms with E-state index < -0.39 is 29.2 Å². The summed E-state index contributed by atoms with van der Waals surface area (Å²) in [7, 11) is 0. The summed E-state index contributed by atoms with van der Waals surface area (Å²) in [6, 6.07) is 9.38. The Labute approximate surface area is 118 Å². The highest BCUT2D eigenvalue weighted by molar-refractivity contribution is 5.91. The Hall–Kier alpha value is -2.50. The normalized spacial score (nSPS) is 11.2. The highest BCUT2D eigenvalue weighted by atomic mass is 19.4. The van der Waals surface area contributed by atoms with Crippen molar-refractivity contribution < 1.29 is 27.8 Å². The molecule has 2 aromatic carbocycles.